The maximum atomic E-state index is 11.4. The zero-order chi connectivity index (χ0) is 14.2. The van der Waals surface area contributed by atoms with Gasteiger partial charge in [0.1, 0.15) is 6.04 Å². The molecule has 0 aliphatic heterocycles. The summed E-state index contributed by atoms with van der Waals surface area (Å²) in [4.78, 5) is 14.5. The van der Waals surface area contributed by atoms with Gasteiger partial charge in [0.2, 0.25) is 10.0 Å². The number of rotatable bonds is 9. The number of nitrogens with two attached hydrogens (primary N) is 2. The van der Waals surface area contributed by atoms with Gasteiger partial charge >= 0.3 is 5.97 Å². The van der Waals surface area contributed by atoms with Gasteiger partial charge < -0.3 is 16.6 Å². The molecule has 0 rings (SSSR count). The first kappa shape index (κ1) is 16.4. The molecule has 0 bridgehead atoms. The molecule has 0 saturated carbocycles. The normalized spacial score (nSPS) is 12.7. The second kappa shape index (κ2) is 7.67. The highest BCUT2D eigenvalue weighted by atomic mass is 32.2. The second-order valence-electron chi connectivity index (χ2n) is 3.53. The van der Waals surface area contributed by atoms with Crippen LogP contribution in [0.15, 0.2) is 17.6 Å². The van der Waals surface area contributed by atoms with E-state index in [9.17, 15) is 13.2 Å². The Kier molecular flexibility index (Phi) is 6.98. The Morgan fingerprint density at radius 2 is 2.11 bits per heavy atom. The summed E-state index contributed by atoms with van der Waals surface area (Å²) in [6.07, 6.45) is 1.63. The van der Waals surface area contributed by atoms with Gasteiger partial charge in [0.25, 0.3) is 0 Å². The largest absolute Gasteiger partial charge is 0.480 e. The number of hydrogen-bond acceptors (Lipinski definition) is 4. The number of guanidine groups is 1. The summed E-state index contributed by atoms with van der Waals surface area (Å²) < 4.78 is 24.8. The number of hydrogen-bond donors (Lipinski definition) is 4. The van der Waals surface area contributed by atoms with Crippen LogP contribution in [0.5, 0.6) is 0 Å². The molecule has 18 heavy (non-hydrogen) atoms. The van der Waals surface area contributed by atoms with Crippen molar-refractivity contribution in [3.05, 3.63) is 12.7 Å². The van der Waals surface area contributed by atoms with Crippen molar-refractivity contribution in [1.82, 2.24) is 4.72 Å². The van der Waals surface area contributed by atoms with Gasteiger partial charge in [0.05, 0.1) is 5.75 Å². The molecule has 0 spiro atoms. The minimum Gasteiger partial charge on any atom is -0.480 e. The van der Waals surface area contributed by atoms with Crippen LogP contribution < -0.4 is 16.2 Å². The van der Waals surface area contributed by atoms with Gasteiger partial charge in [0, 0.05) is 6.54 Å². The van der Waals surface area contributed by atoms with Crippen molar-refractivity contribution in [2.24, 2.45) is 16.5 Å². The van der Waals surface area contributed by atoms with Crippen LogP contribution in [-0.2, 0) is 14.8 Å². The molecule has 6 N–H and O–H groups in total. The third-order valence-electron chi connectivity index (χ3n) is 1.90. The van der Waals surface area contributed by atoms with Crippen molar-refractivity contribution in [1.29, 1.82) is 0 Å². The van der Waals surface area contributed by atoms with Crippen molar-refractivity contribution < 1.29 is 18.3 Å². The average molecular weight is 278 g/mol. The van der Waals surface area contributed by atoms with Crippen LogP contribution in [0.1, 0.15) is 12.8 Å². The maximum absolute atomic E-state index is 11.4. The summed E-state index contributed by atoms with van der Waals surface area (Å²) in [6.45, 7) is 3.53. The number of carboxylic acid groups (broad SMARTS) is 1. The van der Waals surface area contributed by atoms with Gasteiger partial charge in [-0.15, -0.1) is 6.58 Å². The number of carbonyl (C=O) groups is 1. The number of aliphatic carboxylic acids is 1. The molecule has 0 fully saturated rings. The van der Waals surface area contributed by atoms with E-state index in [0.29, 0.717) is 6.42 Å². The van der Waals surface area contributed by atoms with Crippen LogP contribution >= 0.6 is 0 Å². The van der Waals surface area contributed by atoms with Crippen molar-refractivity contribution in [2.45, 2.75) is 18.9 Å². The van der Waals surface area contributed by atoms with E-state index >= 15 is 0 Å². The zero-order valence-electron chi connectivity index (χ0n) is 9.87. The quantitative estimate of drug-likeness (QED) is 0.176. The molecule has 0 heterocycles. The predicted octanol–water partition coefficient (Wildman–Crippen LogP) is -1.40. The number of carboxylic acids is 1. The van der Waals surface area contributed by atoms with E-state index in [0.717, 1.165) is 0 Å². The maximum Gasteiger partial charge on any atom is 0.321 e. The Morgan fingerprint density at radius 1 is 1.50 bits per heavy atom. The Labute approximate surface area is 106 Å². The summed E-state index contributed by atoms with van der Waals surface area (Å²) in [5, 5.41) is 8.88. The van der Waals surface area contributed by atoms with Crippen LogP contribution in [0.2, 0.25) is 0 Å². The molecule has 0 saturated heterocycles. The lowest BCUT2D eigenvalue weighted by atomic mass is 10.2. The lowest BCUT2D eigenvalue weighted by molar-refractivity contribution is -0.139. The first-order valence-electron chi connectivity index (χ1n) is 5.17. The van der Waals surface area contributed by atoms with E-state index < -0.39 is 22.0 Å². The van der Waals surface area contributed by atoms with Crippen LogP contribution in [0.3, 0.4) is 0 Å². The molecule has 1 atom stereocenters. The van der Waals surface area contributed by atoms with E-state index in [1.165, 1.54) is 6.08 Å². The van der Waals surface area contributed by atoms with Crippen LogP contribution in [0.25, 0.3) is 0 Å². The number of nitrogens with zero attached hydrogens (tertiary/aromatic N) is 1. The van der Waals surface area contributed by atoms with Gasteiger partial charge in [-0.3, -0.25) is 9.79 Å². The summed E-state index contributed by atoms with van der Waals surface area (Å²) in [5.74, 6) is -1.66. The highest BCUT2D eigenvalue weighted by molar-refractivity contribution is 7.89. The molecule has 8 nitrogen and oxygen atoms in total. The third-order valence-corrected chi connectivity index (χ3v) is 3.22. The van der Waals surface area contributed by atoms with Gasteiger partial charge in [0.15, 0.2) is 5.96 Å². The van der Waals surface area contributed by atoms with Crippen LogP contribution in [0, 0.1) is 0 Å². The Hall–Kier alpha value is -1.61. The van der Waals surface area contributed by atoms with Gasteiger partial charge in [-0.1, -0.05) is 6.08 Å². The van der Waals surface area contributed by atoms with E-state index in [1.807, 2.05) is 0 Å². The van der Waals surface area contributed by atoms with Crippen molar-refractivity contribution in [3.8, 4) is 0 Å². The molecule has 0 amide bonds. The van der Waals surface area contributed by atoms with Gasteiger partial charge in [-0.2, -0.15) is 0 Å². The molecule has 9 heteroatoms. The molecule has 0 aliphatic rings. The Morgan fingerprint density at radius 3 is 2.56 bits per heavy atom. The topological polar surface area (TPSA) is 148 Å². The lowest BCUT2D eigenvalue weighted by Gasteiger charge is -2.13. The molecule has 0 aromatic rings. The monoisotopic (exact) mass is 278 g/mol. The number of aliphatic imine (C=N–C) groups is 1. The first-order valence-corrected chi connectivity index (χ1v) is 6.83. The molecule has 0 radical (unpaired) electrons. The fourth-order valence-corrected chi connectivity index (χ4v) is 2.22. The van der Waals surface area contributed by atoms with Gasteiger partial charge in [-0.25, -0.2) is 13.1 Å². The molecule has 0 aromatic carbocycles. The fourth-order valence-electron chi connectivity index (χ4n) is 1.16. The molecular weight excluding hydrogens is 260 g/mol. The third kappa shape index (κ3) is 7.63. The molecule has 1 unspecified atom stereocenters. The highest BCUT2D eigenvalue weighted by Gasteiger charge is 2.22. The average Bonchev–Trinajstić information content (AvgIpc) is 2.21. The second-order valence-corrected chi connectivity index (χ2v) is 5.33. The highest BCUT2D eigenvalue weighted by Crippen LogP contribution is 2.01. The molecule has 0 aliphatic carbocycles. The Bertz CT molecular complexity index is 414. The number of nitrogens with one attached hydrogen (secondary N) is 1. The van der Waals surface area contributed by atoms with E-state index in [2.05, 4.69) is 16.3 Å². The summed E-state index contributed by atoms with van der Waals surface area (Å²) >= 11 is 0. The Balaban J connectivity index is 4.37. The van der Waals surface area contributed by atoms with E-state index in [1.54, 1.807) is 0 Å². The summed E-state index contributed by atoms with van der Waals surface area (Å²) in [7, 11) is -3.66. The molecule has 0 aromatic heterocycles. The van der Waals surface area contributed by atoms with Crippen molar-refractivity contribution >= 4 is 22.0 Å². The van der Waals surface area contributed by atoms with E-state index in [4.69, 9.17) is 16.6 Å². The standard InChI is InChI=1S/C9H18N4O4S/c1-2-6-18(16,17)13-7(8(14)15)4-3-5-12-9(10)11/h2,7,13H,1,3-6H2,(H,14,15)(H4,10,11,12). The summed E-state index contributed by atoms with van der Waals surface area (Å²) in [5.41, 5.74) is 10.2. The van der Waals surface area contributed by atoms with Crippen molar-refractivity contribution in [3.63, 3.8) is 0 Å². The zero-order valence-corrected chi connectivity index (χ0v) is 10.7. The van der Waals surface area contributed by atoms with Crippen LogP contribution in [-0.4, -0.2) is 43.8 Å². The molecular formula is C9H18N4O4S. The fraction of sp³-hybridized carbons (Fsp3) is 0.556. The van der Waals surface area contributed by atoms with Crippen LogP contribution in [0.4, 0.5) is 0 Å². The minimum absolute atomic E-state index is 0.0888. The SMILES string of the molecule is C=CCS(=O)(=O)NC(CCCN=C(N)N)C(=O)O. The smallest absolute Gasteiger partial charge is 0.321 e. The predicted molar refractivity (Wildman–Crippen MR) is 68.5 cm³/mol. The van der Waals surface area contributed by atoms with Crippen molar-refractivity contribution in [2.75, 3.05) is 12.3 Å². The minimum atomic E-state index is -3.66. The first-order chi connectivity index (χ1) is 8.28. The molecule has 104 valence electrons. The summed E-state index contributed by atoms with van der Waals surface area (Å²) in [6, 6.07) is -1.19. The lowest BCUT2D eigenvalue weighted by Crippen LogP contribution is -2.41. The number of sulfonamides is 1. The van der Waals surface area contributed by atoms with E-state index in [-0.39, 0.29) is 24.7 Å². The van der Waals surface area contributed by atoms with Gasteiger partial charge in [-0.05, 0) is 12.8 Å².